The summed E-state index contributed by atoms with van der Waals surface area (Å²) in [5.41, 5.74) is 6.07. The second-order valence-corrected chi connectivity index (χ2v) is 11.0. The van der Waals surface area contributed by atoms with Crippen LogP contribution < -0.4 is 4.90 Å². The first-order chi connectivity index (χ1) is 19.0. The van der Waals surface area contributed by atoms with E-state index in [1.807, 2.05) is 29.2 Å². The minimum atomic E-state index is -0.360. The van der Waals surface area contributed by atoms with E-state index >= 15 is 4.39 Å². The van der Waals surface area contributed by atoms with E-state index in [0.29, 0.717) is 41.6 Å². The fourth-order valence-corrected chi connectivity index (χ4v) is 6.11. The number of anilines is 1. The zero-order valence-corrected chi connectivity index (χ0v) is 21.8. The van der Waals surface area contributed by atoms with Gasteiger partial charge in [-0.3, -0.25) is 4.79 Å². The van der Waals surface area contributed by atoms with Crippen LogP contribution in [0.1, 0.15) is 65.5 Å². The quantitative estimate of drug-likeness (QED) is 0.354. The number of carbonyl (C=O) groups excluding carboxylic acids is 1. The molecule has 7 rings (SSSR count). The van der Waals surface area contributed by atoms with Crippen LogP contribution >= 0.6 is 0 Å². The lowest BCUT2D eigenvalue weighted by Gasteiger charge is -2.35. The van der Waals surface area contributed by atoms with Crippen molar-refractivity contribution < 1.29 is 9.18 Å². The summed E-state index contributed by atoms with van der Waals surface area (Å²) >= 11 is 0. The van der Waals surface area contributed by atoms with Crippen LogP contribution in [0.25, 0.3) is 16.9 Å². The number of aromatic nitrogens is 3. The number of halogens is 1. The van der Waals surface area contributed by atoms with Crippen LogP contribution in [0.2, 0.25) is 0 Å². The summed E-state index contributed by atoms with van der Waals surface area (Å²) in [6.07, 6.45) is 3.70. The maximum atomic E-state index is 15.4. The molecule has 8 heteroatoms. The zero-order chi connectivity index (χ0) is 26.7. The molecule has 39 heavy (non-hydrogen) atoms. The standard InChI is InChI=1S/C31H29FN6O/c1-19-24-5-3-2-4-21(24)11-13-37(19)31(39)28-15-29(22-6-7-22)38-30(34-28)16-27(35-38)25-9-8-23(14-26(25)32)36-12-10-20(17-33)18-36/h2-5,8-9,14-16,19-20,22H,6-7,10-13,18H2,1H3/t19-,20+/m1/s1. The third-order valence-corrected chi connectivity index (χ3v) is 8.49. The topological polar surface area (TPSA) is 77.5 Å². The number of carbonyl (C=O) groups is 1. The zero-order valence-electron chi connectivity index (χ0n) is 21.8. The predicted octanol–water partition coefficient (Wildman–Crippen LogP) is 5.52. The Balaban J connectivity index is 1.22. The maximum Gasteiger partial charge on any atom is 0.273 e. The second kappa shape index (κ2) is 9.19. The van der Waals surface area contributed by atoms with Gasteiger partial charge in [0.1, 0.15) is 11.5 Å². The molecule has 2 aromatic carbocycles. The van der Waals surface area contributed by atoms with Gasteiger partial charge in [-0.2, -0.15) is 10.4 Å². The van der Waals surface area contributed by atoms with E-state index in [2.05, 4.69) is 30.0 Å². The highest BCUT2D eigenvalue weighted by Gasteiger charge is 2.32. The van der Waals surface area contributed by atoms with Gasteiger partial charge in [0.2, 0.25) is 0 Å². The maximum absolute atomic E-state index is 15.4. The van der Waals surface area contributed by atoms with Crippen molar-refractivity contribution in [1.82, 2.24) is 19.5 Å². The van der Waals surface area contributed by atoms with Crippen molar-refractivity contribution in [3.63, 3.8) is 0 Å². The average Bonchev–Trinajstić information content (AvgIpc) is 3.52. The van der Waals surface area contributed by atoms with Gasteiger partial charge in [0.15, 0.2) is 5.65 Å². The number of hydrogen-bond acceptors (Lipinski definition) is 5. The highest BCUT2D eigenvalue weighted by molar-refractivity contribution is 5.93. The van der Waals surface area contributed by atoms with E-state index in [1.54, 1.807) is 16.6 Å². The molecule has 1 saturated heterocycles. The summed E-state index contributed by atoms with van der Waals surface area (Å²) < 4.78 is 17.1. The molecule has 4 aromatic rings. The lowest BCUT2D eigenvalue weighted by atomic mass is 9.93. The summed E-state index contributed by atoms with van der Waals surface area (Å²) in [4.78, 5) is 22.4. The van der Waals surface area contributed by atoms with E-state index in [0.717, 1.165) is 43.6 Å². The van der Waals surface area contributed by atoms with Crippen LogP contribution in [0, 0.1) is 23.1 Å². The number of rotatable bonds is 4. The highest BCUT2D eigenvalue weighted by atomic mass is 19.1. The van der Waals surface area contributed by atoms with Crippen molar-refractivity contribution in [2.75, 3.05) is 24.5 Å². The van der Waals surface area contributed by atoms with Crippen LogP contribution in [0.4, 0.5) is 10.1 Å². The summed E-state index contributed by atoms with van der Waals surface area (Å²) in [6.45, 7) is 4.09. The van der Waals surface area contributed by atoms with Crippen molar-refractivity contribution in [1.29, 1.82) is 5.26 Å². The first-order valence-electron chi connectivity index (χ1n) is 13.7. The van der Waals surface area contributed by atoms with Gasteiger partial charge in [0.25, 0.3) is 5.91 Å². The molecule has 2 aliphatic heterocycles. The molecule has 2 atom stereocenters. The number of amides is 1. The van der Waals surface area contributed by atoms with Crippen LogP contribution in [0.15, 0.2) is 54.6 Å². The smallest absolute Gasteiger partial charge is 0.273 e. The van der Waals surface area contributed by atoms with E-state index in [4.69, 9.17) is 10.1 Å². The number of benzene rings is 2. The Labute approximate surface area is 226 Å². The molecule has 196 valence electrons. The van der Waals surface area contributed by atoms with Crippen LogP contribution in [-0.2, 0) is 6.42 Å². The SMILES string of the molecule is C[C@@H]1c2ccccc2CCN1C(=O)c1cc(C2CC2)n2nc(-c3ccc(N4CC[C@@H](C#N)C4)cc3F)cc2n1. The number of hydrogen-bond donors (Lipinski definition) is 0. The summed E-state index contributed by atoms with van der Waals surface area (Å²) in [6, 6.07) is 19.4. The van der Waals surface area contributed by atoms with Crippen LogP contribution in [0.5, 0.6) is 0 Å². The molecular weight excluding hydrogens is 491 g/mol. The van der Waals surface area contributed by atoms with Crippen molar-refractivity contribution in [3.05, 3.63) is 82.9 Å². The molecule has 1 aliphatic carbocycles. The highest BCUT2D eigenvalue weighted by Crippen LogP contribution is 2.41. The fraction of sp³-hybridized carbons (Fsp3) is 0.355. The molecule has 1 saturated carbocycles. The Hall–Kier alpha value is -4.25. The molecular formula is C31H29FN6O. The second-order valence-electron chi connectivity index (χ2n) is 11.0. The fourth-order valence-electron chi connectivity index (χ4n) is 6.11. The van der Waals surface area contributed by atoms with Gasteiger partial charge in [0.05, 0.1) is 23.7 Å². The number of fused-ring (bicyclic) bond motifs is 2. The molecule has 0 unspecified atom stereocenters. The Kier molecular flexibility index (Phi) is 5.62. The third-order valence-electron chi connectivity index (χ3n) is 8.49. The molecule has 2 aromatic heterocycles. The van der Waals surface area contributed by atoms with Crippen molar-refractivity contribution >= 4 is 17.2 Å². The molecule has 0 N–H and O–H groups in total. The monoisotopic (exact) mass is 520 g/mol. The van der Waals surface area contributed by atoms with Gasteiger partial charge in [-0.05, 0) is 68.0 Å². The number of nitrogens with zero attached hydrogens (tertiary/aromatic N) is 6. The summed E-state index contributed by atoms with van der Waals surface area (Å²) in [7, 11) is 0. The van der Waals surface area contributed by atoms with Crippen molar-refractivity contribution in [2.45, 2.75) is 44.6 Å². The van der Waals surface area contributed by atoms with E-state index < -0.39 is 0 Å². The molecule has 1 amide bonds. The summed E-state index contributed by atoms with van der Waals surface area (Å²) in [5, 5.41) is 13.9. The van der Waals surface area contributed by atoms with Crippen LogP contribution in [0.3, 0.4) is 0 Å². The lowest BCUT2D eigenvalue weighted by molar-refractivity contribution is 0.0671. The van der Waals surface area contributed by atoms with E-state index in [9.17, 15) is 10.1 Å². The molecule has 0 radical (unpaired) electrons. The normalized spacial score (nSPS) is 20.7. The Morgan fingerprint density at radius 2 is 1.92 bits per heavy atom. The van der Waals surface area contributed by atoms with Gasteiger partial charge < -0.3 is 9.80 Å². The Morgan fingerprint density at radius 1 is 1.08 bits per heavy atom. The minimum absolute atomic E-state index is 0.0160. The molecule has 7 nitrogen and oxygen atoms in total. The molecule has 2 fully saturated rings. The first-order valence-corrected chi connectivity index (χ1v) is 13.7. The predicted molar refractivity (Wildman–Crippen MR) is 146 cm³/mol. The molecule has 4 heterocycles. The third kappa shape index (κ3) is 4.13. The Bertz CT molecular complexity index is 1650. The van der Waals surface area contributed by atoms with Gasteiger partial charge in [0, 0.05) is 48.6 Å². The minimum Gasteiger partial charge on any atom is -0.370 e. The van der Waals surface area contributed by atoms with Gasteiger partial charge in [-0.1, -0.05) is 24.3 Å². The van der Waals surface area contributed by atoms with Gasteiger partial charge in [-0.25, -0.2) is 13.9 Å². The molecule has 0 spiro atoms. The lowest BCUT2D eigenvalue weighted by Crippen LogP contribution is -2.39. The Morgan fingerprint density at radius 3 is 2.69 bits per heavy atom. The molecule has 0 bridgehead atoms. The molecule has 3 aliphatic rings. The van der Waals surface area contributed by atoms with Crippen molar-refractivity contribution in [3.8, 4) is 17.3 Å². The largest absolute Gasteiger partial charge is 0.370 e. The first kappa shape index (κ1) is 23.8. The van der Waals surface area contributed by atoms with Gasteiger partial charge in [-0.15, -0.1) is 0 Å². The van der Waals surface area contributed by atoms with Crippen molar-refractivity contribution in [2.24, 2.45) is 5.92 Å². The van der Waals surface area contributed by atoms with E-state index in [1.165, 1.54) is 17.2 Å². The summed E-state index contributed by atoms with van der Waals surface area (Å²) in [5.74, 6) is -0.134. The van der Waals surface area contributed by atoms with Gasteiger partial charge >= 0.3 is 0 Å². The average molecular weight is 521 g/mol. The van der Waals surface area contributed by atoms with E-state index in [-0.39, 0.29) is 23.7 Å². The number of nitriles is 1. The van der Waals surface area contributed by atoms with Crippen LogP contribution in [-0.4, -0.2) is 45.0 Å².